The Morgan fingerprint density at radius 1 is 1.04 bits per heavy atom. The fraction of sp³-hybridized carbons (Fsp3) is 0.409. The normalized spacial score (nSPS) is 25.0. The second-order valence-corrected chi connectivity index (χ2v) is 7.56. The standard InChI is InChI=1S/C22H28N4O2/c1-16-15-25(18-6-4-3-5-7-18)12-13-26(16)22(27)21-14-20(23-24-21)17-8-10-19(28-2)11-9-17/h3-11,16,20-21,23-24H,12-15H2,1-2H3. The summed E-state index contributed by atoms with van der Waals surface area (Å²) in [6.45, 7) is 4.61. The predicted octanol–water partition coefficient (Wildman–Crippen LogP) is 2.34. The third-order valence-electron chi connectivity index (χ3n) is 5.75. The molecule has 6 heteroatoms. The predicted molar refractivity (Wildman–Crippen MR) is 110 cm³/mol. The van der Waals surface area contributed by atoms with Gasteiger partial charge in [-0.15, -0.1) is 0 Å². The van der Waals surface area contributed by atoms with Crippen molar-refractivity contribution in [2.45, 2.75) is 31.5 Å². The summed E-state index contributed by atoms with van der Waals surface area (Å²) in [5.74, 6) is 1.02. The highest BCUT2D eigenvalue weighted by atomic mass is 16.5. The van der Waals surface area contributed by atoms with Gasteiger partial charge in [0.15, 0.2) is 0 Å². The number of amides is 1. The first-order valence-electron chi connectivity index (χ1n) is 9.91. The second-order valence-electron chi connectivity index (χ2n) is 7.56. The van der Waals surface area contributed by atoms with Gasteiger partial charge >= 0.3 is 0 Å². The first-order valence-corrected chi connectivity index (χ1v) is 9.91. The smallest absolute Gasteiger partial charge is 0.241 e. The third-order valence-corrected chi connectivity index (χ3v) is 5.75. The molecule has 3 unspecified atom stereocenters. The van der Waals surface area contributed by atoms with Crippen LogP contribution in [0.4, 0.5) is 5.69 Å². The van der Waals surface area contributed by atoms with Crippen LogP contribution < -0.4 is 20.5 Å². The summed E-state index contributed by atoms with van der Waals surface area (Å²) in [5.41, 5.74) is 8.87. The van der Waals surface area contributed by atoms with Gasteiger partial charge in [-0.05, 0) is 43.2 Å². The van der Waals surface area contributed by atoms with Gasteiger partial charge in [0.25, 0.3) is 0 Å². The Morgan fingerprint density at radius 3 is 2.46 bits per heavy atom. The number of carbonyl (C=O) groups excluding carboxylic acids is 1. The maximum absolute atomic E-state index is 13.1. The highest BCUT2D eigenvalue weighted by Crippen LogP contribution is 2.26. The van der Waals surface area contributed by atoms with E-state index in [1.807, 2.05) is 35.2 Å². The summed E-state index contributed by atoms with van der Waals surface area (Å²) in [5, 5.41) is 0. The molecule has 0 aliphatic carbocycles. The topological polar surface area (TPSA) is 56.8 Å². The summed E-state index contributed by atoms with van der Waals surface area (Å²) < 4.78 is 5.22. The zero-order valence-electron chi connectivity index (χ0n) is 16.5. The molecule has 2 aromatic carbocycles. The molecule has 2 aliphatic rings. The van der Waals surface area contributed by atoms with Crippen LogP contribution in [-0.2, 0) is 4.79 Å². The third kappa shape index (κ3) is 3.84. The van der Waals surface area contributed by atoms with Gasteiger partial charge in [0.2, 0.25) is 5.91 Å². The number of hydrogen-bond donors (Lipinski definition) is 2. The molecule has 2 aromatic rings. The quantitative estimate of drug-likeness (QED) is 0.853. The van der Waals surface area contributed by atoms with Gasteiger partial charge in [-0.1, -0.05) is 30.3 Å². The minimum Gasteiger partial charge on any atom is -0.497 e. The molecule has 4 rings (SSSR count). The summed E-state index contributed by atoms with van der Waals surface area (Å²) in [7, 11) is 1.66. The van der Waals surface area contributed by atoms with E-state index in [4.69, 9.17) is 4.74 Å². The molecule has 2 N–H and O–H groups in total. The number of hydrazine groups is 1. The van der Waals surface area contributed by atoms with Crippen molar-refractivity contribution in [3.8, 4) is 5.75 Å². The highest BCUT2D eigenvalue weighted by molar-refractivity contribution is 5.83. The molecule has 3 atom stereocenters. The number of hydrogen-bond acceptors (Lipinski definition) is 5. The molecule has 2 aliphatic heterocycles. The SMILES string of the molecule is COc1ccc(C2CC(C(=O)N3CCN(c4ccccc4)CC3C)NN2)cc1. The van der Waals surface area contributed by atoms with Gasteiger partial charge in [0.1, 0.15) is 11.8 Å². The number of carbonyl (C=O) groups is 1. The van der Waals surface area contributed by atoms with Crippen molar-refractivity contribution in [1.82, 2.24) is 15.8 Å². The Kier molecular flexibility index (Phi) is 5.50. The van der Waals surface area contributed by atoms with Gasteiger partial charge in [0, 0.05) is 37.4 Å². The lowest BCUT2D eigenvalue weighted by atomic mass is 10.0. The molecule has 148 valence electrons. The number of piperazine rings is 1. The Morgan fingerprint density at radius 2 is 1.79 bits per heavy atom. The van der Waals surface area contributed by atoms with Crippen LogP contribution in [0.15, 0.2) is 54.6 Å². The van der Waals surface area contributed by atoms with E-state index in [0.29, 0.717) is 0 Å². The molecule has 0 aromatic heterocycles. The number of para-hydroxylation sites is 1. The van der Waals surface area contributed by atoms with E-state index < -0.39 is 0 Å². The molecule has 0 bridgehead atoms. The Labute approximate surface area is 166 Å². The van der Waals surface area contributed by atoms with Crippen LogP contribution in [0.1, 0.15) is 24.9 Å². The first kappa shape index (κ1) is 18.8. The van der Waals surface area contributed by atoms with E-state index in [2.05, 4.69) is 46.9 Å². The molecule has 0 spiro atoms. The number of methoxy groups -OCH3 is 1. The summed E-state index contributed by atoms with van der Waals surface area (Å²) in [6.07, 6.45) is 0.747. The maximum Gasteiger partial charge on any atom is 0.241 e. The van der Waals surface area contributed by atoms with Crippen molar-refractivity contribution in [2.75, 3.05) is 31.6 Å². The molecule has 2 saturated heterocycles. The van der Waals surface area contributed by atoms with E-state index in [-0.39, 0.29) is 24.0 Å². The molecule has 2 fully saturated rings. The lowest BCUT2D eigenvalue weighted by Crippen LogP contribution is -2.58. The fourth-order valence-corrected chi connectivity index (χ4v) is 4.13. The first-order chi connectivity index (χ1) is 13.7. The lowest BCUT2D eigenvalue weighted by molar-refractivity contribution is -0.135. The van der Waals surface area contributed by atoms with Gasteiger partial charge in [-0.2, -0.15) is 0 Å². The van der Waals surface area contributed by atoms with E-state index >= 15 is 0 Å². The summed E-state index contributed by atoms with van der Waals surface area (Å²) in [6, 6.07) is 18.5. The molecular weight excluding hydrogens is 352 g/mol. The molecule has 6 nitrogen and oxygen atoms in total. The molecule has 1 amide bonds. The number of nitrogens with zero attached hydrogens (tertiary/aromatic N) is 2. The van der Waals surface area contributed by atoms with Crippen LogP contribution >= 0.6 is 0 Å². The van der Waals surface area contributed by atoms with Crippen molar-refractivity contribution < 1.29 is 9.53 Å². The average Bonchev–Trinajstić information content (AvgIpc) is 3.24. The molecule has 0 saturated carbocycles. The van der Waals surface area contributed by atoms with Crippen LogP contribution in [0.2, 0.25) is 0 Å². The Balaban J connectivity index is 1.36. The molecule has 2 heterocycles. The Bertz CT molecular complexity index is 796. The largest absolute Gasteiger partial charge is 0.497 e. The monoisotopic (exact) mass is 380 g/mol. The zero-order chi connectivity index (χ0) is 19.5. The van der Waals surface area contributed by atoms with Crippen LogP contribution in [0.5, 0.6) is 5.75 Å². The van der Waals surface area contributed by atoms with Crippen molar-refractivity contribution in [3.63, 3.8) is 0 Å². The number of benzene rings is 2. The molecule has 0 radical (unpaired) electrons. The average molecular weight is 380 g/mol. The second kappa shape index (κ2) is 8.20. The zero-order valence-corrected chi connectivity index (χ0v) is 16.5. The van der Waals surface area contributed by atoms with Gasteiger partial charge in [-0.3, -0.25) is 4.79 Å². The van der Waals surface area contributed by atoms with E-state index in [9.17, 15) is 4.79 Å². The number of ether oxygens (including phenoxy) is 1. The molecular formula is C22H28N4O2. The fourth-order valence-electron chi connectivity index (χ4n) is 4.13. The minimum absolute atomic E-state index is 0.126. The number of anilines is 1. The van der Waals surface area contributed by atoms with Crippen LogP contribution in [-0.4, -0.2) is 49.6 Å². The van der Waals surface area contributed by atoms with Gasteiger partial charge < -0.3 is 14.5 Å². The lowest BCUT2D eigenvalue weighted by Gasteiger charge is -2.41. The van der Waals surface area contributed by atoms with Crippen LogP contribution in [0.25, 0.3) is 0 Å². The van der Waals surface area contributed by atoms with Crippen molar-refractivity contribution >= 4 is 11.6 Å². The Hall–Kier alpha value is -2.57. The van der Waals surface area contributed by atoms with Crippen molar-refractivity contribution in [3.05, 3.63) is 60.2 Å². The number of rotatable bonds is 4. The van der Waals surface area contributed by atoms with Gasteiger partial charge in [0.05, 0.1) is 7.11 Å². The summed E-state index contributed by atoms with van der Waals surface area (Å²) >= 11 is 0. The van der Waals surface area contributed by atoms with Crippen molar-refractivity contribution in [1.29, 1.82) is 0 Å². The van der Waals surface area contributed by atoms with E-state index in [0.717, 1.165) is 37.4 Å². The van der Waals surface area contributed by atoms with Crippen molar-refractivity contribution in [2.24, 2.45) is 0 Å². The van der Waals surface area contributed by atoms with Gasteiger partial charge in [-0.25, -0.2) is 10.9 Å². The van der Waals surface area contributed by atoms with E-state index in [1.54, 1.807) is 7.11 Å². The highest BCUT2D eigenvalue weighted by Gasteiger charge is 2.36. The minimum atomic E-state index is -0.196. The van der Waals surface area contributed by atoms with E-state index in [1.165, 1.54) is 5.69 Å². The number of nitrogens with one attached hydrogen (secondary N) is 2. The molecule has 28 heavy (non-hydrogen) atoms. The summed E-state index contributed by atoms with van der Waals surface area (Å²) in [4.78, 5) is 17.5. The maximum atomic E-state index is 13.1. The van der Waals surface area contributed by atoms with Crippen LogP contribution in [0, 0.1) is 0 Å². The van der Waals surface area contributed by atoms with Crippen LogP contribution in [0.3, 0.4) is 0 Å².